The van der Waals surface area contributed by atoms with Gasteiger partial charge in [0.05, 0.1) is 6.10 Å². The van der Waals surface area contributed by atoms with Crippen molar-refractivity contribution in [2.24, 2.45) is 0 Å². The average Bonchev–Trinajstić information content (AvgIpc) is 2.26. The summed E-state index contributed by atoms with van der Waals surface area (Å²) >= 11 is 5.96. The van der Waals surface area contributed by atoms with Crippen LogP contribution < -0.4 is 0 Å². The lowest BCUT2D eigenvalue weighted by Crippen LogP contribution is -2.31. The summed E-state index contributed by atoms with van der Waals surface area (Å²) in [6, 6.07) is 7.29. The van der Waals surface area contributed by atoms with Gasteiger partial charge in [-0.1, -0.05) is 29.8 Å². The molecule has 4 heteroatoms. The number of likely N-dealkylation sites (N-methyl/N-ethyl adjacent to an activating group) is 1. The highest BCUT2D eigenvalue weighted by Crippen LogP contribution is 2.16. The first kappa shape index (κ1) is 13.7. The minimum absolute atomic E-state index is 0.161. The van der Waals surface area contributed by atoms with E-state index in [9.17, 15) is 4.79 Å². The fraction of sp³-hybridized carbons (Fsp3) is 0.308. The maximum Gasteiger partial charge on any atom is 0.246 e. The Morgan fingerprint density at radius 2 is 2.18 bits per heavy atom. The molecule has 0 saturated heterocycles. The molecule has 1 amide bonds. The number of benzene rings is 1. The maximum atomic E-state index is 11.6. The molecule has 0 saturated carbocycles. The van der Waals surface area contributed by atoms with Gasteiger partial charge in [-0.05, 0) is 24.6 Å². The quantitative estimate of drug-likeness (QED) is 0.836. The number of aliphatic hydroxyl groups excluding tert-OH is 1. The summed E-state index contributed by atoms with van der Waals surface area (Å²) in [6.45, 7) is 1.95. The predicted octanol–water partition coefficient (Wildman–Crippen LogP) is 2.19. The SMILES string of the molecule is CC(O)CN(C)C(=O)C=Cc1ccccc1Cl. The molecule has 1 rings (SSSR count). The van der Waals surface area contributed by atoms with Gasteiger partial charge in [-0.3, -0.25) is 4.79 Å². The summed E-state index contributed by atoms with van der Waals surface area (Å²) in [5.41, 5.74) is 0.799. The third-order valence-corrected chi connectivity index (χ3v) is 2.57. The first-order valence-corrected chi connectivity index (χ1v) is 5.74. The number of hydrogen-bond acceptors (Lipinski definition) is 2. The lowest BCUT2D eigenvalue weighted by molar-refractivity contribution is -0.125. The second kappa shape index (κ2) is 6.42. The molecule has 0 aliphatic heterocycles. The number of hydrogen-bond donors (Lipinski definition) is 1. The Balaban J connectivity index is 2.65. The molecule has 0 spiro atoms. The van der Waals surface area contributed by atoms with Crippen molar-refractivity contribution in [1.29, 1.82) is 0 Å². The Bertz CT molecular complexity index is 416. The van der Waals surface area contributed by atoms with Crippen molar-refractivity contribution in [2.75, 3.05) is 13.6 Å². The van der Waals surface area contributed by atoms with E-state index in [1.165, 1.54) is 11.0 Å². The molecular formula is C13H16ClNO2. The summed E-state index contributed by atoms with van der Waals surface area (Å²) in [5.74, 6) is -0.161. The van der Waals surface area contributed by atoms with Crippen LogP contribution in [0, 0.1) is 0 Å². The summed E-state index contributed by atoms with van der Waals surface area (Å²) in [5, 5.41) is 9.77. The number of rotatable bonds is 4. The Morgan fingerprint density at radius 3 is 2.76 bits per heavy atom. The third kappa shape index (κ3) is 4.59. The van der Waals surface area contributed by atoms with Crippen LogP contribution in [0.4, 0.5) is 0 Å². The van der Waals surface area contributed by atoms with Crippen molar-refractivity contribution in [3.63, 3.8) is 0 Å². The molecule has 0 aromatic heterocycles. The van der Waals surface area contributed by atoms with Crippen LogP contribution in [0.5, 0.6) is 0 Å². The van der Waals surface area contributed by atoms with E-state index in [1.54, 1.807) is 26.1 Å². The second-order valence-electron chi connectivity index (χ2n) is 3.92. The van der Waals surface area contributed by atoms with Crippen LogP contribution in [0.1, 0.15) is 12.5 Å². The lowest BCUT2D eigenvalue weighted by Gasteiger charge is -2.16. The Kier molecular flexibility index (Phi) is 5.19. The van der Waals surface area contributed by atoms with Crippen LogP contribution in [0.15, 0.2) is 30.3 Å². The minimum Gasteiger partial charge on any atom is -0.392 e. The molecule has 1 unspecified atom stereocenters. The van der Waals surface area contributed by atoms with Crippen LogP contribution in [-0.4, -0.2) is 35.6 Å². The van der Waals surface area contributed by atoms with E-state index in [2.05, 4.69) is 0 Å². The highest BCUT2D eigenvalue weighted by molar-refractivity contribution is 6.32. The lowest BCUT2D eigenvalue weighted by atomic mass is 10.2. The Morgan fingerprint density at radius 1 is 1.53 bits per heavy atom. The van der Waals surface area contributed by atoms with Crippen molar-refractivity contribution >= 4 is 23.6 Å². The predicted molar refractivity (Wildman–Crippen MR) is 69.8 cm³/mol. The van der Waals surface area contributed by atoms with Gasteiger partial charge in [0.15, 0.2) is 0 Å². The first-order chi connectivity index (χ1) is 8.00. The van der Waals surface area contributed by atoms with Gasteiger partial charge in [0.2, 0.25) is 5.91 Å². The number of nitrogens with zero attached hydrogens (tertiary/aromatic N) is 1. The van der Waals surface area contributed by atoms with Crippen LogP contribution in [-0.2, 0) is 4.79 Å². The van der Waals surface area contributed by atoms with E-state index in [1.807, 2.05) is 18.2 Å². The number of aliphatic hydroxyl groups is 1. The standard InChI is InChI=1S/C13H16ClNO2/c1-10(16)9-15(2)13(17)8-7-11-5-3-4-6-12(11)14/h3-8,10,16H,9H2,1-2H3. The molecule has 0 fully saturated rings. The zero-order chi connectivity index (χ0) is 12.8. The highest BCUT2D eigenvalue weighted by Gasteiger charge is 2.07. The van der Waals surface area contributed by atoms with Crippen LogP contribution in [0.25, 0.3) is 6.08 Å². The van der Waals surface area contributed by atoms with E-state index < -0.39 is 6.10 Å². The van der Waals surface area contributed by atoms with Gasteiger partial charge in [-0.2, -0.15) is 0 Å². The minimum atomic E-state index is -0.530. The average molecular weight is 254 g/mol. The van der Waals surface area contributed by atoms with Crippen molar-refractivity contribution < 1.29 is 9.90 Å². The first-order valence-electron chi connectivity index (χ1n) is 5.36. The molecule has 17 heavy (non-hydrogen) atoms. The molecule has 0 heterocycles. The maximum absolute atomic E-state index is 11.6. The smallest absolute Gasteiger partial charge is 0.246 e. The van der Waals surface area contributed by atoms with E-state index >= 15 is 0 Å². The monoisotopic (exact) mass is 253 g/mol. The van der Waals surface area contributed by atoms with E-state index in [4.69, 9.17) is 16.7 Å². The van der Waals surface area contributed by atoms with Crippen LogP contribution in [0.2, 0.25) is 5.02 Å². The van der Waals surface area contributed by atoms with E-state index in [-0.39, 0.29) is 5.91 Å². The fourth-order valence-corrected chi connectivity index (χ4v) is 1.58. The number of halogens is 1. The number of carbonyl (C=O) groups excluding carboxylic acids is 1. The van der Waals surface area contributed by atoms with Gasteiger partial charge in [0.1, 0.15) is 0 Å². The Hall–Kier alpha value is -1.32. The van der Waals surface area contributed by atoms with E-state index in [0.717, 1.165) is 5.56 Å². The van der Waals surface area contributed by atoms with E-state index in [0.29, 0.717) is 11.6 Å². The fourth-order valence-electron chi connectivity index (χ4n) is 1.38. The molecule has 0 bridgehead atoms. The largest absolute Gasteiger partial charge is 0.392 e. The molecule has 0 aliphatic rings. The molecule has 1 N–H and O–H groups in total. The second-order valence-corrected chi connectivity index (χ2v) is 4.33. The summed E-state index contributed by atoms with van der Waals surface area (Å²) in [6.07, 6.45) is 2.59. The molecule has 0 aliphatic carbocycles. The molecule has 1 atom stereocenters. The van der Waals surface area contributed by atoms with Gasteiger partial charge in [-0.25, -0.2) is 0 Å². The third-order valence-electron chi connectivity index (χ3n) is 2.22. The van der Waals surface area contributed by atoms with Crippen molar-refractivity contribution in [3.05, 3.63) is 40.9 Å². The highest BCUT2D eigenvalue weighted by atomic mass is 35.5. The number of amides is 1. The van der Waals surface area contributed by atoms with Gasteiger partial charge < -0.3 is 10.0 Å². The molecule has 3 nitrogen and oxygen atoms in total. The normalized spacial score (nSPS) is 12.7. The van der Waals surface area contributed by atoms with Crippen molar-refractivity contribution in [2.45, 2.75) is 13.0 Å². The van der Waals surface area contributed by atoms with Gasteiger partial charge in [-0.15, -0.1) is 0 Å². The van der Waals surface area contributed by atoms with Crippen molar-refractivity contribution in [1.82, 2.24) is 4.90 Å². The van der Waals surface area contributed by atoms with Crippen LogP contribution in [0.3, 0.4) is 0 Å². The molecule has 1 aromatic carbocycles. The van der Waals surface area contributed by atoms with Gasteiger partial charge in [0, 0.05) is 24.7 Å². The van der Waals surface area contributed by atoms with Gasteiger partial charge >= 0.3 is 0 Å². The summed E-state index contributed by atoms with van der Waals surface area (Å²) in [4.78, 5) is 13.1. The van der Waals surface area contributed by atoms with Crippen molar-refractivity contribution in [3.8, 4) is 0 Å². The summed E-state index contributed by atoms with van der Waals surface area (Å²) < 4.78 is 0. The molecule has 92 valence electrons. The van der Waals surface area contributed by atoms with Gasteiger partial charge in [0.25, 0.3) is 0 Å². The molecule has 1 aromatic rings. The molecule has 0 radical (unpaired) electrons. The molecular weight excluding hydrogens is 238 g/mol. The topological polar surface area (TPSA) is 40.5 Å². The zero-order valence-corrected chi connectivity index (χ0v) is 10.7. The number of carbonyl (C=O) groups is 1. The Labute approximate surface area is 106 Å². The summed E-state index contributed by atoms with van der Waals surface area (Å²) in [7, 11) is 1.64. The zero-order valence-electron chi connectivity index (χ0n) is 9.93. The van der Waals surface area contributed by atoms with Crippen LogP contribution >= 0.6 is 11.6 Å².